The van der Waals surface area contributed by atoms with E-state index in [1.54, 1.807) is 24.2 Å². The van der Waals surface area contributed by atoms with E-state index in [4.69, 9.17) is 62.7 Å². The van der Waals surface area contributed by atoms with Gasteiger partial charge in [0.15, 0.2) is 0 Å². The van der Waals surface area contributed by atoms with E-state index in [1.165, 1.54) is 12.1 Å². The number of aromatic nitrogens is 3. The van der Waals surface area contributed by atoms with Crippen molar-refractivity contribution in [1.29, 1.82) is 0 Å². The Morgan fingerprint density at radius 3 is 2.09 bits per heavy atom. The molecule has 6 aromatic rings. The first-order valence-corrected chi connectivity index (χ1v) is 32.4. The van der Waals surface area contributed by atoms with Gasteiger partial charge in [-0.05, 0) is 129 Å². The second kappa shape index (κ2) is 29.2. The van der Waals surface area contributed by atoms with Crippen LogP contribution in [-0.2, 0) is 53.3 Å². The van der Waals surface area contributed by atoms with Gasteiger partial charge in [0.2, 0.25) is 5.91 Å². The van der Waals surface area contributed by atoms with Gasteiger partial charge in [0.25, 0.3) is 5.91 Å². The number of anilines is 2. The lowest BCUT2D eigenvalue weighted by Crippen LogP contribution is -2.60. The summed E-state index contributed by atoms with van der Waals surface area (Å²) in [6, 6.07) is 27.7. The van der Waals surface area contributed by atoms with Gasteiger partial charge in [-0.3, -0.25) is 29.1 Å². The molecule has 486 valence electrons. The van der Waals surface area contributed by atoms with Gasteiger partial charge in [-0.25, -0.2) is 14.2 Å². The van der Waals surface area contributed by atoms with Crippen molar-refractivity contribution >= 4 is 58.4 Å². The number of nitrogens with one attached hydrogen (secondary N) is 1. The van der Waals surface area contributed by atoms with Gasteiger partial charge >= 0.3 is 6.03 Å². The Morgan fingerprint density at radius 1 is 0.791 bits per heavy atom. The first-order chi connectivity index (χ1) is 43.7. The molecule has 3 atom stereocenters. The number of pyridine rings is 1. The van der Waals surface area contributed by atoms with Crippen LogP contribution < -0.4 is 20.7 Å². The number of hydrogen-bond donors (Lipinski definition) is 2. The molecule has 2 fully saturated rings. The molecule has 4 aliphatic rings. The Balaban J connectivity index is 0.632. The van der Waals surface area contributed by atoms with Gasteiger partial charge in [-0.2, -0.15) is 5.10 Å². The topological polar surface area (TPSA) is 195 Å². The van der Waals surface area contributed by atoms with Crippen LogP contribution in [0.5, 0.6) is 5.75 Å². The average Bonchev–Trinajstić information content (AvgIpc) is 1.56. The van der Waals surface area contributed by atoms with E-state index in [1.807, 2.05) is 89.0 Å². The van der Waals surface area contributed by atoms with Crippen LogP contribution in [0.15, 0.2) is 102 Å². The van der Waals surface area contributed by atoms with E-state index >= 15 is 4.79 Å². The molecule has 2 bridgehead atoms. The average molecular weight is 1290 g/mol. The Morgan fingerprint density at radius 2 is 1.43 bits per heavy atom. The minimum atomic E-state index is -1.02. The lowest BCUT2D eigenvalue weighted by Gasteiger charge is -2.47. The molecule has 0 saturated carbocycles. The second-order valence-corrected chi connectivity index (χ2v) is 25.9. The number of urea groups is 1. The van der Waals surface area contributed by atoms with Crippen molar-refractivity contribution in [3.63, 3.8) is 0 Å². The third-order valence-corrected chi connectivity index (χ3v) is 18.6. The summed E-state index contributed by atoms with van der Waals surface area (Å²) in [5.74, 6) is 0.777. The fraction of sp³-hybridized carbons (Fsp3) is 0.478. The molecule has 0 aliphatic carbocycles. The first-order valence-electron chi connectivity index (χ1n) is 31.6. The zero-order chi connectivity index (χ0) is 64.6. The summed E-state index contributed by atoms with van der Waals surface area (Å²) in [6.07, 6.45) is 3.50. The largest absolute Gasteiger partial charge is 0.493 e. The van der Waals surface area contributed by atoms with E-state index < -0.39 is 16.9 Å². The number of amides is 4. The van der Waals surface area contributed by atoms with Crippen LogP contribution in [0.25, 0.3) is 11.1 Å². The number of carbonyl (C=O) groups excluding carboxylic acids is 3. The summed E-state index contributed by atoms with van der Waals surface area (Å²) in [7, 11) is 1.73. The SMILES string of the molecule is CCOc1cc(C(C)(C)C)ccc1C1=N[C@@](C)(c2ccc(Cl)cc2)[C@@](C)(c2ccc(Cl)cc2)N1C(=O)N1CCN(CCOCCOCCOCCOCCC(=O)NCCn2nc3c(c2C)-c2cnc(N)c(c2)N2CCC[C@@H]2c2cc(F)ccc2C(=O)N(C)C3)CC1. The standard InChI is InChI=1S/C69H86Cl2FN11O8/c1-9-91-60-42-50(67(3,4)5)16-22-55(60)64-76-68(6,48-12-17-51(70)18-13-48)69(7,49-14-19-52(71)20-15-49)83(64)66(86)80-30-28-79(29-31-80)32-34-88-36-38-90-40-39-89-37-35-87-33-24-61(84)74-25-27-82-46(2)62-47-41-59(63(73)75-44-47)81-26-10-11-58(81)56-43-53(72)21-23-54(56)65(85)78(8)45-57(62)77-82/h12-23,41-44,58H,9-11,24-40,45H2,1-8H3,(H2,73,75)(H,74,84)/t58-,68+,69-/m1/s1. The maximum atomic E-state index is 15.5. The second-order valence-electron chi connectivity index (χ2n) is 25.0. The zero-order valence-electron chi connectivity index (χ0n) is 53.7. The molecule has 10 rings (SSSR count). The molecule has 0 radical (unpaired) electrons. The highest BCUT2D eigenvalue weighted by molar-refractivity contribution is 6.30. The maximum absolute atomic E-state index is 15.5. The molecule has 3 N–H and O–H groups in total. The minimum absolute atomic E-state index is 0.139. The van der Waals surface area contributed by atoms with E-state index in [-0.39, 0.29) is 48.9 Å². The number of nitrogen functional groups attached to an aromatic ring is 1. The molecule has 6 heterocycles. The van der Waals surface area contributed by atoms with Crippen molar-refractivity contribution in [3.8, 4) is 16.9 Å². The van der Waals surface area contributed by atoms with Crippen molar-refractivity contribution in [2.45, 2.75) is 103 Å². The summed E-state index contributed by atoms with van der Waals surface area (Å²) in [4.78, 5) is 62.5. The summed E-state index contributed by atoms with van der Waals surface area (Å²) in [5, 5.41) is 9.12. The van der Waals surface area contributed by atoms with Crippen LogP contribution in [0.1, 0.15) is 116 Å². The zero-order valence-corrected chi connectivity index (χ0v) is 55.2. The number of piperazine rings is 1. The Hall–Kier alpha value is -7.17. The van der Waals surface area contributed by atoms with Gasteiger partial charge < -0.3 is 49.4 Å². The number of nitrogens with two attached hydrogens (primary N) is 1. The quantitative estimate of drug-likeness (QED) is 0.0576. The number of benzene rings is 4. The molecule has 4 amide bonds. The van der Waals surface area contributed by atoms with Crippen LogP contribution in [0.2, 0.25) is 10.0 Å². The fourth-order valence-corrected chi connectivity index (χ4v) is 13.1. The van der Waals surface area contributed by atoms with Gasteiger partial charge in [-0.15, -0.1) is 0 Å². The molecule has 4 aliphatic heterocycles. The summed E-state index contributed by atoms with van der Waals surface area (Å²) < 4.78 is 46.1. The highest BCUT2D eigenvalue weighted by Gasteiger charge is 2.60. The monoisotopic (exact) mass is 1290 g/mol. The van der Waals surface area contributed by atoms with Crippen LogP contribution in [0, 0.1) is 12.7 Å². The van der Waals surface area contributed by atoms with Gasteiger partial charge in [0.1, 0.15) is 34.3 Å². The summed E-state index contributed by atoms with van der Waals surface area (Å²) in [6.45, 7) is 22.8. The molecular formula is C69H86Cl2FN11O8. The minimum Gasteiger partial charge on any atom is -0.493 e. The normalized spacial score (nSPS) is 19.4. The van der Waals surface area contributed by atoms with Crippen molar-refractivity contribution in [2.75, 3.05) is 123 Å². The van der Waals surface area contributed by atoms with Gasteiger partial charge in [-0.1, -0.05) is 74.3 Å². The number of rotatable bonds is 23. The van der Waals surface area contributed by atoms with E-state index in [9.17, 15) is 14.0 Å². The molecular weight excluding hydrogens is 1200 g/mol. The Labute approximate surface area is 543 Å². The summed E-state index contributed by atoms with van der Waals surface area (Å²) in [5.41, 5.74) is 13.0. The summed E-state index contributed by atoms with van der Waals surface area (Å²) >= 11 is 13.0. The Kier molecular flexibility index (Phi) is 21.4. The molecule has 4 aromatic carbocycles. The smallest absolute Gasteiger partial charge is 0.326 e. The number of amidine groups is 1. The van der Waals surface area contributed by atoms with Crippen molar-refractivity contribution < 1.29 is 42.5 Å². The van der Waals surface area contributed by atoms with Gasteiger partial charge in [0, 0.05) is 97.9 Å². The number of ether oxygens (including phenoxy) is 5. The lowest BCUT2D eigenvalue weighted by atomic mass is 9.71. The van der Waals surface area contributed by atoms with Crippen LogP contribution in [0.4, 0.5) is 20.7 Å². The number of aliphatic imine (C=N–C) groups is 1. The Bertz CT molecular complexity index is 3580. The molecule has 22 heteroatoms. The number of carbonyl (C=O) groups is 3. The van der Waals surface area contributed by atoms with E-state index in [2.05, 4.69) is 66.9 Å². The maximum Gasteiger partial charge on any atom is 0.326 e. The van der Waals surface area contributed by atoms with Gasteiger partial charge in [0.05, 0.1) is 95.5 Å². The molecule has 91 heavy (non-hydrogen) atoms. The predicted molar refractivity (Wildman–Crippen MR) is 353 cm³/mol. The first kappa shape index (κ1) is 66.7. The number of nitrogens with zero attached hydrogens (tertiary/aromatic N) is 9. The fourth-order valence-electron chi connectivity index (χ4n) is 12.9. The lowest BCUT2D eigenvalue weighted by molar-refractivity contribution is -0.122. The molecule has 0 spiro atoms. The molecule has 0 unspecified atom stereocenters. The highest BCUT2D eigenvalue weighted by atomic mass is 35.5. The highest BCUT2D eigenvalue weighted by Crippen LogP contribution is 2.54. The molecule has 2 aromatic heterocycles. The van der Waals surface area contributed by atoms with Crippen LogP contribution >= 0.6 is 23.2 Å². The van der Waals surface area contributed by atoms with Crippen LogP contribution in [-0.4, -0.2) is 170 Å². The van der Waals surface area contributed by atoms with Crippen molar-refractivity contribution in [2.24, 2.45) is 4.99 Å². The van der Waals surface area contributed by atoms with Crippen LogP contribution in [0.3, 0.4) is 0 Å². The molecule has 19 nitrogen and oxygen atoms in total. The number of hydrogen-bond acceptors (Lipinski definition) is 14. The predicted octanol–water partition coefficient (Wildman–Crippen LogP) is 10.8. The van der Waals surface area contributed by atoms with Crippen molar-refractivity contribution in [3.05, 3.63) is 158 Å². The number of fused-ring (bicyclic) bond motifs is 8. The van der Waals surface area contributed by atoms with Crippen molar-refractivity contribution in [1.82, 2.24) is 39.7 Å². The third kappa shape index (κ3) is 14.7. The molecule has 2 saturated heterocycles. The van der Waals surface area contributed by atoms with E-state index in [0.717, 1.165) is 57.6 Å². The van der Waals surface area contributed by atoms with E-state index in [0.29, 0.717) is 149 Å². The number of halogens is 3. The third-order valence-electron chi connectivity index (χ3n) is 18.1.